The maximum absolute atomic E-state index is 11.5. The average molecular weight is 255 g/mol. The number of hydrogen-bond donors (Lipinski definition) is 2. The van der Waals surface area contributed by atoms with Crippen LogP contribution in [0, 0.1) is 0 Å². The van der Waals surface area contributed by atoms with Gasteiger partial charge in [-0.25, -0.2) is 0 Å². The van der Waals surface area contributed by atoms with E-state index < -0.39 is 11.4 Å². The Morgan fingerprint density at radius 1 is 1.53 bits per heavy atom. The third-order valence-electron chi connectivity index (χ3n) is 3.79. The molecule has 17 heavy (non-hydrogen) atoms. The molecule has 0 fully saturated rings. The van der Waals surface area contributed by atoms with Gasteiger partial charge in [-0.1, -0.05) is 24.6 Å². The molecule has 1 aromatic rings. The van der Waals surface area contributed by atoms with Crippen molar-refractivity contribution in [2.75, 3.05) is 0 Å². The molecule has 1 unspecified atom stereocenters. The molecule has 0 amide bonds. The van der Waals surface area contributed by atoms with Crippen LogP contribution in [-0.4, -0.2) is 16.2 Å². The molecule has 92 valence electrons. The molecule has 2 N–H and O–H groups in total. The van der Waals surface area contributed by atoms with Crippen molar-refractivity contribution < 1.29 is 15.0 Å². The molecule has 0 saturated heterocycles. The number of hydrogen-bond acceptors (Lipinski definition) is 2. The van der Waals surface area contributed by atoms with E-state index in [0.717, 1.165) is 17.5 Å². The van der Waals surface area contributed by atoms with E-state index in [0.29, 0.717) is 23.4 Å². The predicted octanol–water partition coefficient (Wildman–Crippen LogP) is 2.51. The van der Waals surface area contributed by atoms with Gasteiger partial charge >= 0.3 is 5.97 Å². The summed E-state index contributed by atoms with van der Waals surface area (Å²) in [6, 6.07) is 3.55. The summed E-state index contributed by atoms with van der Waals surface area (Å²) >= 11 is 6.04. The van der Waals surface area contributed by atoms with Gasteiger partial charge in [0.1, 0.15) is 0 Å². The summed E-state index contributed by atoms with van der Waals surface area (Å²) in [5, 5.41) is 19.0. The van der Waals surface area contributed by atoms with Crippen LogP contribution in [0.4, 0.5) is 0 Å². The Balaban J connectivity index is 2.59. The summed E-state index contributed by atoms with van der Waals surface area (Å²) in [6.45, 7) is 1.77. The van der Waals surface area contributed by atoms with Crippen LogP contribution in [0.5, 0.6) is 0 Å². The highest BCUT2D eigenvalue weighted by molar-refractivity contribution is 6.31. The van der Waals surface area contributed by atoms with Crippen LogP contribution >= 0.6 is 11.6 Å². The van der Waals surface area contributed by atoms with E-state index in [1.54, 1.807) is 6.07 Å². The fraction of sp³-hybridized carbons (Fsp3) is 0.462. The van der Waals surface area contributed by atoms with Crippen molar-refractivity contribution in [2.45, 2.75) is 38.2 Å². The van der Waals surface area contributed by atoms with Crippen LogP contribution in [0.25, 0.3) is 0 Å². The molecule has 1 aromatic carbocycles. The van der Waals surface area contributed by atoms with Gasteiger partial charge in [0.2, 0.25) is 0 Å². The van der Waals surface area contributed by atoms with Crippen LogP contribution in [0.2, 0.25) is 5.02 Å². The maximum Gasteiger partial charge on any atom is 0.314 e. The number of halogens is 1. The molecular weight excluding hydrogens is 240 g/mol. The second-order valence-electron chi connectivity index (χ2n) is 4.50. The molecule has 0 aliphatic heterocycles. The summed E-state index contributed by atoms with van der Waals surface area (Å²) in [5.41, 5.74) is 1.69. The van der Waals surface area contributed by atoms with Gasteiger partial charge in [-0.15, -0.1) is 0 Å². The van der Waals surface area contributed by atoms with Gasteiger partial charge in [0.15, 0.2) is 0 Å². The number of rotatable bonds is 3. The number of carboxylic acids is 1. The first-order valence-corrected chi connectivity index (χ1v) is 6.09. The zero-order chi connectivity index (χ0) is 12.6. The van der Waals surface area contributed by atoms with E-state index in [2.05, 4.69) is 0 Å². The molecular formula is C13H15ClO3. The van der Waals surface area contributed by atoms with Crippen molar-refractivity contribution in [3.8, 4) is 0 Å². The molecule has 0 saturated carbocycles. The fourth-order valence-electron chi connectivity index (χ4n) is 2.67. The number of benzene rings is 1. The summed E-state index contributed by atoms with van der Waals surface area (Å²) in [5.74, 6) is -0.786. The highest BCUT2D eigenvalue weighted by Crippen LogP contribution is 2.43. The van der Waals surface area contributed by atoms with Gasteiger partial charge in [0.05, 0.1) is 12.0 Å². The molecule has 0 spiro atoms. The smallest absolute Gasteiger partial charge is 0.314 e. The third-order valence-corrected chi connectivity index (χ3v) is 4.14. The van der Waals surface area contributed by atoms with E-state index >= 15 is 0 Å². The Morgan fingerprint density at radius 3 is 2.76 bits per heavy atom. The van der Waals surface area contributed by atoms with Crippen LogP contribution in [0.3, 0.4) is 0 Å². The van der Waals surface area contributed by atoms with Crippen molar-refractivity contribution in [1.29, 1.82) is 0 Å². The van der Waals surface area contributed by atoms with Gasteiger partial charge in [0, 0.05) is 5.02 Å². The lowest BCUT2D eigenvalue weighted by Gasteiger charge is -2.24. The Morgan fingerprint density at radius 2 is 2.24 bits per heavy atom. The average Bonchev–Trinajstić information content (AvgIpc) is 2.67. The SMILES string of the molecule is CCC1(C(=O)O)CCc2cc(CO)c(Cl)cc21. The third kappa shape index (κ3) is 1.74. The van der Waals surface area contributed by atoms with Crippen LogP contribution < -0.4 is 0 Å². The minimum absolute atomic E-state index is 0.113. The van der Waals surface area contributed by atoms with Crippen molar-refractivity contribution >= 4 is 17.6 Å². The number of aliphatic carboxylic acids is 1. The van der Waals surface area contributed by atoms with Gasteiger partial charge in [-0.05, 0) is 42.0 Å². The van der Waals surface area contributed by atoms with E-state index in [-0.39, 0.29) is 6.61 Å². The number of aliphatic hydroxyl groups is 1. The predicted molar refractivity (Wildman–Crippen MR) is 65.3 cm³/mol. The molecule has 0 heterocycles. The van der Waals surface area contributed by atoms with Gasteiger partial charge < -0.3 is 10.2 Å². The number of aryl methyl sites for hydroxylation is 1. The van der Waals surface area contributed by atoms with E-state index in [9.17, 15) is 9.90 Å². The molecule has 2 rings (SSSR count). The van der Waals surface area contributed by atoms with E-state index in [4.69, 9.17) is 16.7 Å². The number of aliphatic hydroxyl groups excluding tert-OH is 1. The largest absolute Gasteiger partial charge is 0.481 e. The normalized spacial score (nSPS) is 22.5. The first-order chi connectivity index (χ1) is 8.05. The topological polar surface area (TPSA) is 57.5 Å². The van der Waals surface area contributed by atoms with Crippen LogP contribution in [0.1, 0.15) is 36.5 Å². The summed E-state index contributed by atoms with van der Waals surface area (Å²) in [7, 11) is 0. The monoisotopic (exact) mass is 254 g/mol. The first-order valence-electron chi connectivity index (χ1n) is 5.71. The summed E-state index contributed by atoms with van der Waals surface area (Å²) in [6.07, 6.45) is 1.91. The van der Waals surface area contributed by atoms with Crippen molar-refractivity contribution in [3.05, 3.63) is 33.8 Å². The Kier molecular flexibility index (Phi) is 3.15. The highest BCUT2D eigenvalue weighted by Gasteiger charge is 2.44. The fourth-order valence-corrected chi connectivity index (χ4v) is 2.89. The van der Waals surface area contributed by atoms with Crippen molar-refractivity contribution in [1.82, 2.24) is 0 Å². The lowest BCUT2D eigenvalue weighted by molar-refractivity contribution is -0.144. The summed E-state index contributed by atoms with van der Waals surface area (Å²) < 4.78 is 0. The van der Waals surface area contributed by atoms with Crippen molar-refractivity contribution in [3.63, 3.8) is 0 Å². The summed E-state index contributed by atoms with van der Waals surface area (Å²) in [4.78, 5) is 11.5. The van der Waals surface area contributed by atoms with E-state index in [1.807, 2.05) is 13.0 Å². The second-order valence-corrected chi connectivity index (χ2v) is 4.91. The Labute approximate surface area is 105 Å². The minimum atomic E-state index is -0.799. The Bertz CT molecular complexity index is 470. The molecule has 1 aliphatic carbocycles. The molecule has 3 nitrogen and oxygen atoms in total. The Hall–Kier alpha value is -1.06. The molecule has 0 bridgehead atoms. The molecule has 4 heteroatoms. The first kappa shape index (κ1) is 12.4. The van der Waals surface area contributed by atoms with E-state index in [1.165, 1.54) is 0 Å². The zero-order valence-electron chi connectivity index (χ0n) is 9.66. The molecule has 1 atom stereocenters. The second kappa shape index (κ2) is 4.31. The lowest BCUT2D eigenvalue weighted by Crippen LogP contribution is -2.32. The quantitative estimate of drug-likeness (QED) is 0.871. The van der Waals surface area contributed by atoms with Gasteiger partial charge in [-0.3, -0.25) is 4.79 Å². The van der Waals surface area contributed by atoms with Gasteiger partial charge in [-0.2, -0.15) is 0 Å². The van der Waals surface area contributed by atoms with Crippen molar-refractivity contribution in [2.24, 2.45) is 0 Å². The lowest BCUT2D eigenvalue weighted by atomic mass is 9.79. The van der Waals surface area contributed by atoms with Gasteiger partial charge in [0.25, 0.3) is 0 Å². The zero-order valence-corrected chi connectivity index (χ0v) is 10.4. The highest BCUT2D eigenvalue weighted by atomic mass is 35.5. The minimum Gasteiger partial charge on any atom is -0.481 e. The number of carboxylic acid groups (broad SMARTS) is 1. The van der Waals surface area contributed by atoms with Crippen LogP contribution in [0.15, 0.2) is 12.1 Å². The number of carbonyl (C=O) groups is 1. The maximum atomic E-state index is 11.5. The molecule has 0 aromatic heterocycles. The number of fused-ring (bicyclic) bond motifs is 1. The van der Waals surface area contributed by atoms with Crippen LogP contribution in [-0.2, 0) is 23.2 Å². The molecule has 0 radical (unpaired) electrons. The molecule has 1 aliphatic rings. The standard InChI is InChI=1S/C13H15ClO3/c1-2-13(12(16)17)4-3-8-5-9(7-15)11(14)6-10(8)13/h5-6,15H,2-4,7H2,1H3,(H,16,17).